The van der Waals surface area contributed by atoms with E-state index >= 15 is 0 Å². The van der Waals surface area contributed by atoms with Crippen LogP contribution in [0.3, 0.4) is 0 Å². The van der Waals surface area contributed by atoms with Crippen LogP contribution in [0.4, 0.5) is 0 Å². The Morgan fingerprint density at radius 1 is 1.29 bits per heavy atom. The highest BCUT2D eigenvalue weighted by molar-refractivity contribution is 7.89. The van der Waals surface area contributed by atoms with Crippen LogP contribution in [0.5, 0.6) is 0 Å². The van der Waals surface area contributed by atoms with Gasteiger partial charge in [0.2, 0.25) is 15.9 Å². The predicted octanol–water partition coefficient (Wildman–Crippen LogP) is -0.654. The van der Waals surface area contributed by atoms with Gasteiger partial charge in [-0.25, -0.2) is 8.42 Å². The lowest BCUT2D eigenvalue weighted by atomic mass is 10.3. The highest BCUT2D eigenvalue weighted by atomic mass is 35.5. The van der Waals surface area contributed by atoms with Crippen LogP contribution in [-0.2, 0) is 19.6 Å². The molecule has 6 nitrogen and oxygen atoms in total. The Labute approximate surface area is 107 Å². The molecule has 0 bridgehead atoms. The van der Waals surface area contributed by atoms with Gasteiger partial charge < -0.3 is 9.64 Å². The third-order valence-corrected chi connectivity index (χ3v) is 4.71. The summed E-state index contributed by atoms with van der Waals surface area (Å²) in [5, 5.41) is 0. The number of alkyl halides is 1. The van der Waals surface area contributed by atoms with Crippen molar-refractivity contribution in [1.29, 1.82) is 0 Å². The number of amides is 1. The average molecular weight is 285 g/mol. The smallest absolute Gasteiger partial charge is 0.237 e. The Kier molecular flexibility index (Phi) is 5.64. The van der Waals surface area contributed by atoms with E-state index in [4.69, 9.17) is 16.3 Å². The molecule has 1 aliphatic rings. The molecule has 0 aromatic heterocycles. The van der Waals surface area contributed by atoms with Gasteiger partial charge in [-0.1, -0.05) is 0 Å². The first-order valence-electron chi connectivity index (χ1n) is 5.31. The molecular weight excluding hydrogens is 268 g/mol. The lowest BCUT2D eigenvalue weighted by molar-refractivity contribution is -0.129. The third kappa shape index (κ3) is 4.09. The molecule has 0 saturated carbocycles. The molecule has 0 aliphatic carbocycles. The van der Waals surface area contributed by atoms with Crippen molar-refractivity contribution < 1.29 is 17.9 Å². The molecule has 0 N–H and O–H groups in total. The van der Waals surface area contributed by atoms with E-state index in [1.807, 2.05) is 0 Å². The second-order valence-electron chi connectivity index (χ2n) is 3.72. The number of hydrogen-bond acceptors (Lipinski definition) is 4. The van der Waals surface area contributed by atoms with Gasteiger partial charge in [0.05, 0.1) is 12.4 Å². The van der Waals surface area contributed by atoms with Gasteiger partial charge in [-0.05, 0) is 0 Å². The van der Waals surface area contributed by atoms with Crippen LogP contribution in [0.1, 0.15) is 0 Å². The van der Waals surface area contributed by atoms with E-state index in [-0.39, 0.29) is 24.1 Å². The number of rotatable bonds is 5. The van der Waals surface area contributed by atoms with Crippen molar-refractivity contribution in [3.63, 3.8) is 0 Å². The maximum atomic E-state index is 11.8. The number of carbonyl (C=O) groups is 1. The van der Waals surface area contributed by atoms with Crippen molar-refractivity contribution in [2.24, 2.45) is 0 Å². The van der Waals surface area contributed by atoms with E-state index in [1.54, 1.807) is 4.90 Å². The van der Waals surface area contributed by atoms with Gasteiger partial charge in [-0.15, -0.1) is 11.6 Å². The van der Waals surface area contributed by atoms with E-state index in [0.717, 1.165) is 0 Å². The number of nitrogens with zero attached hydrogens (tertiary/aromatic N) is 2. The van der Waals surface area contributed by atoms with Crippen LogP contribution in [0.25, 0.3) is 0 Å². The van der Waals surface area contributed by atoms with Crippen molar-refractivity contribution in [1.82, 2.24) is 9.21 Å². The Balaban J connectivity index is 2.49. The first kappa shape index (κ1) is 14.7. The molecular formula is C9H17ClN2O4S. The van der Waals surface area contributed by atoms with Gasteiger partial charge in [0.1, 0.15) is 5.88 Å². The zero-order valence-electron chi connectivity index (χ0n) is 9.76. The minimum Gasteiger partial charge on any atom is -0.384 e. The van der Waals surface area contributed by atoms with Gasteiger partial charge in [0.15, 0.2) is 0 Å². The van der Waals surface area contributed by atoms with Gasteiger partial charge in [-0.3, -0.25) is 4.79 Å². The third-order valence-electron chi connectivity index (χ3n) is 2.64. The summed E-state index contributed by atoms with van der Waals surface area (Å²) in [5.74, 6) is -0.232. The van der Waals surface area contributed by atoms with E-state index in [2.05, 4.69) is 0 Å². The largest absolute Gasteiger partial charge is 0.384 e. The highest BCUT2D eigenvalue weighted by Gasteiger charge is 2.27. The zero-order chi connectivity index (χ0) is 12.9. The molecule has 17 heavy (non-hydrogen) atoms. The minimum absolute atomic E-state index is 0.0209. The van der Waals surface area contributed by atoms with E-state index in [9.17, 15) is 13.2 Å². The molecule has 1 fully saturated rings. The fourth-order valence-corrected chi connectivity index (χ4v) is 3.14. The molecule has 100 valence electrons. The maximum Gasteiger partial charge on any atom is 0.237 e. The molecule has 0 spiro atoms. The molecule has 0 radical (unpaired) electrons. The Morgan fingerprint density at radius 3 is 2.35 bits per heavy atom. The van der Waals surface area contributed by atoms with Crippen LogP contribution >= 0.6 is 11.6 Å². The van der Waals surface area contributed by atoms with Gasteiger partial charge in [-0.2, -0.15) is 4.31 Å². The van der Waals surface area contributed by atoms with Crippen molar-refractivity contribution in [2.75, 3.05) is 51.5 Å². The zero-order valence-corrected chi connectivity index (χ0v) is 11.3. The van der Waals surface area contributed by atoms with Crippen molar-refractivity contribution in [2.45, 2.75) is 0 Å². The lowest BCUT2D eigenvalue weighted by Gasteiger charge is -2.33. The molecule has 0 aromatic carbocycles. The number of piperazine rings is 1. The van der Waals surface area contributed by atoms with Crippen LogP contribution in [0.2, 0.25) is 0 Å². The highest BCUT2D eigenvalue weighted by Crippen LogP contribution is 2.08. The Morgan fingerprint density at radius 2 is 1.88 bits per heavy atom. The molecule has 8 heteroatoms. The normalized spacial score (nSPS) is 18.4. The van der Waals surface area contributed by atoms with Gasteiger partial charge in [0.25, 0.3) is 0 Å². The molecule has 1 rings (SSSR count). The second kappa shape index (κ2) is 6.53. The molecule has 1 aliphatic heterocycles. The number of halogens is 1. The summed E-state index contributed by atoms with van der Waals surface area (Å²) >= 11 is 5.44. The summed E-state index contributed by atoms with van der Waals surface area (Å²) in [4.78, 5) is 12.9. The first-order chi connectivity index (χ1) is 8.01. The number of hydrogen-bond donors (Lipinski definition) is 0. The summed E-state index contributed by atoms with van der Waals surface area (Å²) in [7, 11) is -1.80. The monoisotopic (exact) mass is 284 g/mol. The SMILES string of the molecule is COCCS(=O)(=O)N1CCN(C(=O)CCl)CC1. The number of methoxy groups -OCH3 is 1. The lowest BCUT2D eigenvalue weighted by Crippen LogP contribution is -2.51. The number of sulfonamides is 1. The van der Waals surface area contributed by atoms with Gasteiger partial charge >= 0.3 is 0 Å². The molecule has 1 amide bonds. The average Bonchev–Trinajstić information content (AvgIpc) is 2.35. The quantitative estimate of drug-likeness (QED) is 0.629. The molecule has 0 aromatic rings. The molecule has 0 atom stereocenters. The predicted molar refractivity (Wildman–Crippen MR) is 64.5 cm³/mol. The molecule has 1 saturated heterocycles. The number of carbonyl (C=O) groups excluding carboxylic acids is 1. The maximum absolute atomic E-state index is 11.8. The summed E-state index contributed by atoms with van der Waals surface area (Å²) in [6.45, 7) is 1.64. The molecule has 0 unspecified atom stereocenters. The Bertz CT molecular complexity index is 352. The van der Waals surface area contributed by atoms with Gasteiger partial charge in [0, 0.05) is 33.3 Å². The van der Waals surface area contributed by atoms with E-state index in [0.29, 0.717) is 26.2 Å². The topological polar surface area (TPSA) is 66.9 Å². The first-order valence-corrected chi connectivity index (χ1v) is 7.46. The second-order valence-corrected chi connectivity index (χ2v) is 6.08. The van der Waals surface area contributed by atoms with Crippen LogP contribution in [0.15, 0.2) is 0 Å². The minimum atomic E-state index is -3.26. The van der Waals surface area contributed by atoms with Crippen LogP contribution in [0, 0.1) is 0 Å². The van der Waals surface area contributed by atoms with Crippen molar-refractivity contribution in [3.05, 3.63) is 0 Å². The van der Waals surface area contributed by atoms with Crippen LogP contribution < -0.4 is 0 Å². The summed E-state index contributed by atoms with van der Waals surface area (Å²) in [6.07, 6.45) is 0. The van der Waals surface area contributed by atoms with E-state index in [1.165, 1.54) is 11.4 Å². The summed E-state index contributed by atoms with van der Waals surface area (Å²) in [5.41, 5.74) is 0. The Hall–Kier alpha value is -0.370. The summed E-state index contributed by atoms with van der Waals surface area (Å²) < 4.78 is 29.8. The van der Waals surface area contributed by atoms with Crippen molar-refractivity contribution >= 4 is 27.5 Å². The standard InChI is InChI=1S/C9H17ClN2O4S/c1-16-6-7-17(14,15)12-4-2-11(3-5-12)9(13)8-10/h2-8H2,1H3. The fraction of sp³-hybridized carbons (Fsp3) is 0.889. The van der Waals surface area contributed by atoms with E-state index < -0.39 is 10.0 Å². The fourth-order valence-electron chi connectivity index (χ4n) is 1.62. The number of ether oxygens (including phenoxy) is 1. The molecule has 1 heterocycles. The van der Waals surface area contributed by atoms with Crippen molar-refractivity contribution in [3.8, 4) is 0 Å². The summed E-state index contributed by atoms with van der Waals surface area (Å²) in [6, 6.07) is 0. The van der Waals surface area contributed by atoms with Crippen LogP contribution in [-0.4, -0.2) is 75.1 Å².